The third kappa shape index (κ3) is 2.70. The lowest BCUT2D eigenvalue weighted by atomic mass is 10.2. The number of aryl methyl sites for hydroxylation is 1. The Bertz CT molecular complexity index is 760. The van der Waals surface area contributed by atoms with Crippen LogP contribution in [-0.4, -0.2) is 29.2 Å². The molecule has 112 valence electrons. The molecule has 3 rings (SSSR count). The molecule has 0 bridgehead atoms. The summed E-state index contributed by atoms with van der Waals surface area (Å²) in [4.78, 5) is 7.91. The van der Waals surface area contributed by atoms with Gasteiger partial charge in [-0.2, -0.15) is 4.31 Å². The summed E-state index contributed by atoms with van der Waals surface area (Å²) in [5.41, 5.74) is 0.767. The maximum Gasteiger partial charge on any atom is 0.245 e. The fourth-order valence-corrected chi connectivity index (χ4v) is 4.83. The number of halogens is 1. The molecule has 2 aromatic heterocycles. The minimum absolute atomic E-state index is 0.110. The lowest BCUT2D eigenvalue weighted by Gasteiger charge is -2.22. The molecule has 0 radical (unpaired) electrons. The highest BCUT2D eigenvalue weighted by Crippen LogP contribution is 2.36. The normalized spacial score (nSPS) is 20.0. The zero-order chi connectivity index (χ0) is 15.0. The van der Waals surface area contributed by atoms with Crippen LogP contribution in [0.15, 0.2) is 28.7 Å². The van der Waals surface area contributed by atoms with E-state index in [9.17, 15) is 12.8 Å². The van der Waals surface area contributed by atoms with E-state index in [-0.39, 0.29) is 10.9 Å². The van der Waals surface area contributed by atoms with Gasteiger partial charge in [0.1, 0.15) is 10.7 Å². The lowest BCUT2D eigenvalue weighted by molar-refractivity contribution is 0.391. The monoisotopic (exact) mass is 327 g/mol. The van der Waals surface area contributed by atoms with Gasteiger partial charge in [0.25, 0.3) is 0 Å². The van der Waals surface area contributed by atoms with E-state index in [1.54, 1.807) is 0 Å². The van der Waals surface area contributed by atoms with Crippen LogP contribution < -0.4 is 0 Å². The summed E-state index contributed by atoms with van der Waals surface area (Å²) in [5, 5.41) is 2.79. The molecule has 0 N–H and O–H groups in total. The molecule has 0 aromatic carbocycles. The second-order valence-electron chi connectivity index (χ2n) is 4.90. The van der Waals surface area contributed by atoms with E-state index >= 15 is 0 Å². The standard InChI is InChI=1S/C13H14FN3O2S2/c1-9-16-12(8-20-9)13-3-2-4-17(13)21(18,19)11-5-10(14)6-15-7-11/h5-8,13H,2-4H2,1H3/t13-/m1/s1. The fourth-order valence-electron chi connectivity index (χ4n) is 2.53. The van der Waals surface area contributed by atoms with E-state index in [4.69, 9.17) is 0 Å². The number of pyridine rings is 1. The summed E-state index contributed by atoms with van der Waals surface area (Å²) >= 11 is 1.50. The Morgan fingerprint density at radius 2 is 2.24 bits per heavy atom. The lowest BCUT2D eigenvalue weighted by Crippen LogP contribution is -2.31. The molecule has 1 fully saturated rings. The van der Waals surface area contributed by atoms with E-state index in [0.717, 1.165) is 35.8 Å². The van der Waals surface area contributed by atoms with Gasteiger partial charge in [0.05, 0.1) is 22.9 Å². The fraction of sp³-hybridized carbons (Fsp3) is 0.385. The summed E-state index contributed by atoms with van der Waals surface area (Å²) in [6, 6.07) is 0.729. The van der Waals surface area contributed by atoms with Gasteiger partial charge in [-0.3, -0.25) is 4.98 Å². The van der Waals surface area contributed by atoms with E-state index in [2.05, 4.69) is 9.97 Å². The van der Waals surface area contributed by atoms with Gasteiger partial charge in [0.15, 0.2) is 0 Å². The highest BCUT2D eigenvalue weighted by Gasteiger charge is 2.37. The van der Waals surface area contributed by atoms with Gasteiger partial charge in [0, 0.05) is 18.1 Å². The molecule has 8 heteroatoms. The van der Waals surface area contributed by atoms with Gasteiger partial charge in [-0.1, -0.05) is 0 Å². The number of hydrogen-bond acceptors (Lipinski definition) is 5. The van der Waals surface area contributed by atoms with Crippen LogP contribution in [0.4, 0.5) is 4.39 Å². The molecule has 3 heterocycles. The molecule has 2 aromatic rings. The summed E-state index contributed by atoms with van der Waals surface area (Å²) in [6.07, 6.45) is 3.67. The van der Waals surface area contributed by atoms with Crippen molar-refractivity contribution in [3.63, 3.8) is 0 Å². The minimum atomic E-state index is -3.75. The maximum absolute atomic E-state index is 13.3. The van der Waals surface area contributed by atoms with Crippen LogP contribution in [0.25, 0.3) is 0 Å². The van der Waals surface area contributed by atoms with Crippen molar-refractivity contribution in [1.29, 1.82) is 0 Å². The van der Waals surface area contributed by atoms with Crippen LogP contribution in [0.2, 0.25) is 0 Å². The molecule has 21 heavy (non-hydrogen) atoms. The van der Waals surface area contributed by atoms with E-state index in [1.807, 2.05) is 12.3 Å². The van der Waals surface area contributed by atoms with Crippen LogP contribution in [0.3, 0.4) is 0 Å². The Kier molecular flexibility index (Phi) is 3.76. The average molecular weight is 327 g/mol. The molecule has 1 saturated heterocycles. The molecule has 5 nitrogen and oxygen atoms in total. The van der Waals surface area contributed by atoms with Crippen molar-refractivity contribution in [2.24, 2.45) is 0 Å². The molecule has 0 saturated carbocycles. The van der Waals surface area contributed by atoms with Crippen LogP contribution in [0, 0.1) is 12.7 Å². The molecule has 0 spiro atoms. The molecule has 0 amide bonds. The number of thiazole rings is 1. The zero-order valence-corrected chi connectivity index (χ0v) is 13.0. The first-order chi connectivity index (χ1) is 9.98. The van der Waals surface area contributed by atoms with Gasteiger partial charge >= 0.3 is 0 Å². The van der Waals surface area contributed by atoms with Crippen LogP contribution >= 0.6 is 11.3 Å². The van der Waals surface area contributed by atoms with Gasteiger partial charge < -0.3 is 0 Å². The van der Waals surface area contributed by atoms with Crippen molar-refractivity contribution in [3.05, 3.63) is 40.4 Å². The van der Waals surface area contributed by atoms with Gasteiger partial charge in [-0.25, -0.2) is 17.8 Å². The van der Waals surface area contributed by atoms with E-state index < -0.39 is 15.8 Å². The molecule has 0 unspecified atom stereocenters. The van der Waals surface area contributed by atoms with Crippen molar-refractivity contribution in [2.45, 2.75) is 30.7 Å². The number of hydrogen-bond donors (Lipinski definition) is 0. The third-order valence-corrected chi connectivity index (χ3v) is 6.13. The third-order valence-electron chi connectivity index (χ3n) is 3.47. The quantitative estimate of drug-likeness (QED) is 0.869. The van der Waals surface area contributed by atoms with Gasteiger partial charge in [-0.15, -0.1) is 11.3 Å². The summed E-state index contributed by atoms with van der Waals surface area (Å²) in [5.74, 6) is -0.656. The van der Waals surface area contributed by atoms with Crippen molar-refractivity contribution < 1.29 is 12.8 Å². The van der Waals surface area contributed by atoms with Crippen LogP contribution in [0.5, 0.6) is 0 Å². The SMILES string of the molecule is Cc1nc([C@H]2CCCN2S(=O)(=O)c2cncc(F)c2)cs1. The van der Waals surface area contributed by atoms with Gasteiger partial charge in [-0.05, 0) is 25.8 Å². The van der Waals surface area contributed by atoms with E-state index in [0.29, 0.717) is 6.54 Å². The largest absolute Gasteiger partial charge is 0.260 e. The number of nitrogens with zero attached hydrogens (tertiary/aromatic N) is 3. The highest BCUT2D eigenvalue weighted by molar-refractivity contribution is 7.89. The second-order valence-corrected chi connectivity index (χ2v) is 7.86. The van der Waals surface area contributed by atoms with Crippen molar-refractivity contribution in [2.75, 3.05) is 6.54 Å². The predicted molar refractivity (Wildman–Crippen MR) is 76.9 cm³/mol. The second kappa shape index (κ2) is 5.43. The summed E-state index contributed by atoms with van der Waals surface area (Å²) < 4.78 is 40.0. The number of sulfonamides is 1. The number of aromatic nitrogens is 2. The first kappa shape index (κ1) is 14.6. The Balaban J connectivity index is 1.98. The summed E-state index contributed by atoms with van der Waals surface area (Å²) in [7, 11) is -3.75. The van der Waals surface area contributed by atoms with E-state index in [1.165, 1.54) is 21.8 Å². The molecular formula is C13H14FN3O2S2. The topological polar surface area (TPSA) is 63.2 Å². The minimum Gasteiger partial charge on any atom is -0.260 e. The Hall–Kier alpha value is -1.38. The highest BCUT2D eigenvalue weighted by atomic mass is 32.2. The van der Waals surface area contributed by atoms with Crippen LogP contribution in [0.1, 0.15) is 29.6 Å². The molecule has 1 aliphatic heterocycles. The van der Waals surface area contributed by atoms with Crippen LogP contribution in [-0.2, 0) is 10.0 Å². The zero-order valence-electron chi connectivity index (χ0n) is 11.4. The smallest absolute Gasteiger partial charge is 0.245 e. The predicted octanol–water partition coefficient (Wildman–Crippen LogP) is 2.51. The molecule has 0 aliphatic carbocycles. The maximum atomic E-state index is 13.3. The Labute approximate surface area is 126 Å². The molecular weight excluding hydrogens is 313 g/mol. The molecule has 1 atom stereocenters. The van der Waals surface area contributed by atoms with Crippen molar-refractivity contribution in [1.82, 2.24) is 14.3 Å². The average Bonchev–Trinajstić information content (AvgIpc) is 3.07. The van der Waals surface area contributed by atoms with Crippen molar-refractivity contribution in [3.8, 4) is 0 Å². The Morgan fingerprint density at radius 3 is 2.90 bits per heavy atom. The first-order valence-corrected chi connectivity index (χ1v) is 8.85. The van der Waals surface area contributed by atoms with Crippen molar-refractivity contribution >= 4 is 21.4 Å². The van der Waals surface area contributed by atoms with Gasteiger partial charge in [0.2, 0.25) is 10.0 Å². The Morgan fingerprint density at radius 1 is 1.43 bits per heavy atom. The molecule has 1 aliphatic rings. The summed E-state index contributed by atoms with van der Waals surface area (Å²) in [6.45, 7) is 2.30. The first-order valence-electron chi connectivity index (χ1n) is 6.53. The number of rotatable bonds is 3.